The molecule has 0 aliphatic heterocycles. The van der Waals surface area contributed by atoms with Crippen molar-refractivity contribution in [2.75, 3.05) is 11.9 Å². The predicted molar refractivity (Wildman–Crippen MR) is 54.4 cm³/mol. The van der Waals surface area contributed by atoms with E-state index >= 15 is 0 Å². The second-order valence-electron chi connectivity index (χ2n) is 2.93. The van der Waals surface area contributed by atoms with Gasteiger partial charge in [0.05, 0.1) is 6.07 Å². The van der Waals surface area contributed by atoms with Gasteiger partial charge in [-0.25, -0.2) is 0 Å². The van der Waals surface area contributed by atoms with Gasteiger partial charge in [0.1, 0.15) is 0 Å². The van der Waals surface area contributed by atoms with Crippen molar-refractivity contribution >= 4 is 5.69 Å². The Morgan fingerprint density at radius 1 is 1.46 bits per heavy atom. The number of nitrogens with one attached hydrogen (secondary N) is 1. The lowest BCUT2D eigenvalue weighted by Crippen LogP contribution is -2.02. The molecule has 2 heteroatoms. The van der Waals surface area contributed by atoms with Crippen molar-refractivity contribution in [1.29, 1.82) is 5.26 Å². The molecule has 1 N–H and O–H groups in total. The topological polar surface area (TPSA) is 35.8 Å². The highest BCUT2D eigenvalue weighted by molar-refractivity contribution is 5.46. The molecular weight excluding hydrogens is 160 g/mol. The fourth-order valence-corrected chi connectivity index (χ4v) is 0.920. The maximum atomic E-state index is 8.47. The lowest BCUT2D eigenvalue weighted by atomic mass is 10.2. The molecule has 0 bridgehead atoms. The smallest absolute Gasteiger partial charge is 0.0959 e. The summed E-state index contributed by atoms with van der Waals surface area (Å²) in [7, 11) is 0. The van der Waals surface area contributed by atoms with Crippen molar-refractivity contribution in [2.24, 2.45) is 0 Å². The van der Waals surface area contributed by atoms with E-state index in [1.54, 1.807) is 0 Å². The molecule has 0 atom stereocenters. The van der Waals surface area contributed by atoms with E-state index in [1.165, 1.54) is 5.56 Å². The number of nitriles is 1. The first-order valence-corrected chi connectivity index (χ1v) is 4.11. The summed E-state index contributed by atoms with van der Waals surface area (Å²) in [6.45, 7) is 6.14. The first-order valence-electron chi connectivity index (χ1n) is 4.11. The van der Waals surface area contributed by atoms with Gasteiger partial charge in [-0.3, -0.25) is 0 Å². The van der Waals surface area contributed by atoms with E-state index in [0.717, 1.165) is 5.69 Å². The predicted octanol–water partition coefficient (Wildman–Crippen LogP) is 2.49. The molecule has 1 aromatic carbocycles. The molecule has 0 saturated heterocycles. The Morgan fingerprint density at radius 3 is 2.62 bits per heavy atom. The van der Waals surface area contributed by atoms with E-state index in [-0.39, 0.29) is 0 Å². The molecule has 0 aliphatic rings. The molecule has 0 amide bonds. The van der Waals surface area contributed by atoms with Crippen molar-refractivity contribution in [1.82, 2.24) is 0 Å². The quantitative estimate of drug-likeness (QED) is 0.711. The number of hydrogen-bond acceptors (Lipinski definition) is 2. The molecule has 2 nitrogen and oxygen atoms in total. The van der Waals surface area contributed by atoms with E-state index in [2.05, 4.69) is 11.9 Å². The fraction of sp³-hybridized carbons (Fsp3) is 0.182. The van der Waals surface area contributed by atoms with Crippen LogP contribution in [0.3, 0.4) is 0 Å². The van der Waals surface area contributed by atoms with Gasteiger partial charge in [0.2, 0.25) is 0 Å². The monoisotopic (exact) mass is 172 g/mol. The van der Waals surface area contributed by atoms with E-state index < -0.39 is 0 Å². The summed E-state index contributed by atoms with van der Waals surface area (Å²) < 4.78 is 0. The van der Waals surface area contributed by atoms with Crippen molar-refractivity contribution in [3.8, 4) is 6.07 Å². The number of hydrogen-bond donors (Lipinski definition) is 1. The number of benzene rings is 1. The first-order chi connectivity index (χ1) is 6.22. The number of anilines is 1. The Balaban J connectivity index is 2.52. The highest BCUT2D eigenvalue weighted by Gasteiger charge is 1.92. The zero-order chi connectivity index (χ0) is 9.68. The van der Waals surface area contributed by atoms with Crippen molar-refractivity contribution in [3.05, 3.63) is 42.0 Å². The standard InChI is InChI=1S/C11H12N2/c1-9-3-5-11(6-4-9)13-8-10(2)7-12/h3-6,13H,2,8H2,1H3. The van der Waals surface area contributed by atoms with Crippen molar-refractivity contribution < 1.29 is 0 Å². The Labute approximate surface area is 78.5 Å². The van der Waals surface area contributed by atoms with Crippen LogP contribution in [0.1, 0.15) is 5.56 Å². The zero-order valence-corrected chi connectivity index (χ0v) is 7.67. The molecule has 0 unspecified atom stereocenters. The van der Waals surface area contributed by atoms with E-state index in [1.807, 2.05) is 37.3 Å². The van der Waals surface area contributed by atoms with Gasteiger partial charge in [-0.15, -0.1) is 0 Å². The highest BCUT2D eigenvalue weighted by atomic mass is 14.9. The van der Waals surface area contributed by atoms with Crippen LogP contribution in [-0.2, 0) is 0 Å². The SMILES string of the molecule is C=C(C#N)CNc1ccc(C)cc1. The summed E-state index contributed by atoms with van der Waals surface area (Å²) in [4.78, 5) is 0. The minimum absolute atomic E-state index is 0.513. The summed E-state index contributed by atoms with van der Waals surface area (Å²) in [6, 6.07) is 10.0. The maximum absolute atomic E-state index is 8.47. The van der Waals surface area contributed by atoms with Crippen LogP contribution < -0.4 is 5.32 Å². The van der Waals surface area contributed by atoms with Gasteiger partial charge in [-0.05, 0) is 19.1 Å². The summed E-state index contributed by atoms with van der Waals surface area (Å²) in [6.07, 6.45) is 0. The Hall–Kier alpha value is -1.75. The van der Waals surface area contributed by atoms with Gasteiger partial charge >= 0.3 is 0 Å². The molecule has 0 aliphatic carbocycles. The van der Waals surface area contributed by atoms with Crippen LogP contribution in [0.5, 0.6) is 0 Å². The van der Waals surface area contributed by atoms with Gasteiger partial charge in [0.15, 0.2) is 0 Å². The third-order valence-corrected chi connectivity index (χ3v) is 1.72. The first kappa shape index (κ1) is 9.34. The average molecular weight is 172 g/mol. The molecule has 66 valence electrons. The largest absolute Gasteiger partial charge is 0.380 e. The highest BCUT2D eigenvalue weighted by Crippen LogP contribution is 2.08. The van der Waals surface area contributed by atoms with Gasteiger partial charge in [-0.1, -0.05) is 24.3 Å². The molecule has 0 fully saturated rings. The molecule has 1 rings (SSSR count). The Bertz CT molecular complexity index is 330. The van der Waals surface area contributed by atoms with Crippen LogP contribution in [0.4, 0.5) is 5.69 Å². The van der Waals surface area contributed by atoms with Crippen LogP contribution in [0.2, 0.25) is 0 Å². The zero-order valence-electron chi connectivity index (χ0n) is 7.67. The fourth-order valence-electron chi connectivity index (χ4n) is 0.920. The van der Waals surface area contributed by atoms with Gasteiger partial charge in [-0.2, -0.15) is 5.26 Å². The third-order valence-electron chi connectivity index (χ3n) is 1.72. The number of rotatable bonds is 3. The summed E-state index contributed by atoms with van der Waals surface area (Å²) in [5, 5.41) is 11.6. The van der Waals surface area contributed by atoms with Crippen LogP contribution >= 0.6 is 0 Å². The molecule has 13 heavy (non-hydrogen) atoms. The Morgan fingerprint density at radius 2 is 2.08 bits per heavy atom. The van der Waals surface area contributed by atoms with E-state index in [0.29, 0.717) is 12.1 Å². The average Bonchev–Trinajstić information content (AvgIpc) is 2.16. The van der Waals surface area contributed by atoms with Gasteiger partial charge in [0, 0.05) is 17.8 Å². The molecule has 0 saturated carbocycles. The lowest BCUT2D eigenvalue weighted by Gasteiger charge is -2.04. The summed E-state index contributed by atoms with van der Waals surface area (Å²) >= 11 is 0. The van der Waals surface area contributed by atoms with Crippen LogP contribution in [-0.4, -0.2) is 6.54 Å². The summed E-state index contributed by atoms with van der Waals surface area (Å²) in [5.41, 5.74) is 2.78. The molecular formula is C11H12N2. The summed E-state index contributed by atoms with van der Waals surface area (Å²) in [5.74, 6) is 0. The van der Waals surface area contributed by atoms with E-state index in [4.69, 9.17) is 5.26 Å². The Kier molecular flexibility index (Phi) is 3.10. The number of aryl methyl sites for hydroxylation is 1. The molecule has 0 radical (unpaired) electrons. The molecule has 0 aromatic heterocycles. The maximum Gasteiger partial charge on any atom is 0.0959 e. The van der Waals surface area contributed by atoms with Gasteiger partial charge in [0.25, 0.3) is 0 Å². The normalized spacial score (nSPS) is 8.92. The van der Waals surface area contributed by atoms with Crippen molar-refractivity contribution in [3.63, 3.8) is 0 Å². The van der Waals surface area contributed by atoms with Crippen LogP contribution in [0.25, 0.3) is 0 Å². The second kappa shape index (κ2) is 4.32. The van der Waals surface area contributed by atoms with E-state index in [9.17, 15) is 0 Å². The molecule has 0 heterocycles. The minimum Gasteiger partial charge on any atom is -0.380 e. The van der Waals surface area contributed by atoms with Crippen LogP contribution in [0, 0.1) is 18.3 Å². The molecule has 0 spiro atoms. The van der Waals surface area contributed by atoms with Crippen molar-refractivity contribution in [2.45, 2.75) is 6.92 Å². The van der Waals surface area contributed by atoms with Gasteiger partial charge < -0.3 is 5.32 Å². The third kappa shape index (κ3) is 3.00. The lowest BCUT2D eigenvalue weighted by molar-refractivity contribution is 1.26. The van der Waals surface area contributed by atoms with Crippen LogP contribution in [0.15, 0.2) is 36.4 Å². The second-order valence-corrected chi connectivity index (χ2v) is 2.93. The minimum atomic E-state index is 0.513. The molecule has 1 aromatic rings. The number of nitrogens with zero attached hydrogens (tertiary/aromatic N) is 1.